The molecule has 0 atom stereocenters. The van der Waals surface area contributed by atoms with E-state index < -0.39 is 5.97 Å². The minimum absolute atomic E-state index is 0.271. The zero-order valence-electron chi connectivity index (χ0n) is 9.19. The predicted molar refractivity (Wildman–Crippen MR) is 60.4 cm³/mol. The van der Waals surface area contributed by atoms with Gasteiger partial charge in [0, 0.05) is 0 Å². The van der Waals surface area contributed by atoms with Crippen molar-refractivity contribution in [3.05, 3.63) is 29.6 Å². The van der Waals surface area contributed by atoms with Gasteiger partial charge in [-0.15, -0.1) is 0 Å². The molecular formula is C11H13N3O2. The third-order valence-corrected chi connectivity index (χ3v) is 2.24. The van der Waals surface area contributed by atoms with Crippen molar-refractivity contribution in [3.8, 4) is 0 Å². The van der Waals surface area contributed by atoms with Crippen LogP contribution in [0.15, 0.2) is 18.2 Å². The third kappa shape index (κ3) is 2.04. The van der Waals surface area contributed by atoms with Crippen molar-refractivity contribution in [1.82, 2.24) is 14.9 Å². The Morgan fingerprint density at radius 1 is 1.50 bits per heavy atom. The SMILES string of the molecule is CN(C)Cc1nc2ccc(C(=O)O)cc2[nH]1. The molecule has 1 heterocycles. The van der Waals surface area contributed by atoms with E-state index in [-0.39, 0.29) is 5.56 Å². The van der Waals surface area contributed by atoms with Gasteiger partial charge in [0.2, 0.25) is 0 Å². The molecule has 0 aliphatic carbocycles. The molecule has 84 valence electrons. The van der Waals surface area contributed by atoms with E-state index in [1.54, 1.807) is 18.2 Å². The van der Waals surface area contributed by atoms with Crippen LogP contribution in [-0.4, -0.2) is 40.0 Å². The number of nitrogens with zero attached hydrogens (tertiary/aromatic N) is 2. The molecule has 0 amide bonds. The van der Waals surface area contributed by atoms with Crippen LogP contribution < -0.4 is 0 Å². The molecule has 5 heteroatoms. The van der Waals surface area contributed by atoms with Crippen molar-refractivity contribution < 1.29 is 9.90 Å². The van der Waals surface area contributed by atoms with Crippen molar-refractivity contribution >= 4 is 17.0 Å². The summed E-state index contributed by atoms with van der Waals surface area (Å²) in [5, 5.41) is 8.85. The van der Waals surface area contributed by atoms with Crippen LogP contribution in [0, 0.1) is 0 Å². The maximum Gasteiger partial charge on any atom is 0.335 e. The number of hydrogen-bond donors (Lipinski definition) is 2. The molecule has 0 saturated carbocycles. The number of imidazole rings is 1. The smallest absolute Gasteiger partial charge is 0.335 e. The van der Waals surface area contributed by atoms with Gasteiger partial charge in [-0.25, -0.2) is 9.78 Å². The average molecular weight is 219 g/mol. The Morgan fingerprint density at radius 2 is 2.25 bits per heavy atom. The summed E-state index contributed by atoms with van der Waals surface area (Å²) in [6.45, 7) is 0.705. The minimum atomic E-state index is -0.925. The van der Waals surface area contributed by atoms with Crippen LogP contribution >= 0.6 is 0 Å². The summed E-state index contributed by atoms with van der Waals surface area (Å²) in [5.41, 5.74) is 1.83. The van der Waals surface area contributed by atoms with Crippen LogP contribution in [0.25, 0.3) is 11.0 Å². The number of carboxylic acids is 1. The summed E-state index contributed by atoms with van der Waals surface area (Å²) in [7, 11) is 3.91. The van der Waals surface area contributed by atoms with Crippen molar-refractivity contribution in [2.24, 2.45) is 0 Å². The summed E-state index contributed by atoms with van der Waals surface area (Å²) in [4.78, 5) is 20.3. The monoisotopic (exact) mass is 219 g/mol. The van der Waals surface area contributed by atoms with Crippen LogP contribution in [0.4, 0.5) is 0 Å². The standard InChI is InChI=1S/C11H13N3O2/c1-14(2)6-10-12-8-4-3-7(11(15)16)5-9(8)13-10/h3-5H,6H2,1-2H3,(H,12,13)(H,15,16). The number of rotatable bonds is 3. The first-order valence-electron chi connectivity index (χ1n) is 4.93. The maximum absolute atomic E-state index is 10.8. The molecule has 0 aliphatic rings. The topological polar surface area (TPSA) is 69.2 Å². The van der Waals surface area contributed by atoms with Crippen LogP contribution in [0.1, 0.15) is 16.2 Å². The lowest BCUT2D eigenvalue weighted by atomic mass is 10.2. The summed E-state index contributed by atoms with van der Waals surface area (Å²) < 4.78 is 0. The van der Waals surface area contributed by atoms with Gasteiger partial charge in [-0.3, -0.25) is 0 Å². The molecule has 16 heavy (non-hydrogen) atoms. The number of aromatic carboxylic acids is 1. The van der Waals surface area contributed by atoms with Gasteiger partial charge in [0.1, 0.15) is 5.82 Å². The first-order chi connectivity index (χ1) is 7.56. The molecular weight excluding hydrogens is 206 g/mol. The normalized spacial score (nSPS) is 11.2. The molecule has 2 aromatic rings. The summed E-state index contributed by atoms with van der Waals surface area (Å²) >= 11 is 0. The lowest BCUT2D eigenvalue weighted by Gasteiger charge is -2.04. The number of benzene rings is 1. The second-order valence-electron chi connectivity index (χ2n) is 3.96. The largest absolute Gasteiger partial charge is 0.478 e. The first-order valence-corrected chi connectivity index (χ1v) is 4.93. The van der Waals surface area contributed by atoms with Gasteiger partial charge in [0.15, 0.2) is 0 Å². The van der Waals surface area contributed by atoms with Gasteiger partial charge in [-0.1, -0.05) is 0 Å². The number of aromatic amines is 1. The van der Waals surface area contributed by atoms with Crippen LogP contribution in [0.5, 0.6) is 0 Å². The quantitative estimate of drug-likeness (QED) is 0.817. The van der Waals surface area contributed by atoms with E-state index in [1.165, 1.54) is 0 Å². The second kappa shape index (κ2) is 3.94. The van der Waals surface area contributed by atoms with E-state index in [0.717, 1.165) is 16.9 Å². The fraction of sp³-hybridized carbons (Fsp3) is 0.273. The van der Waals surface area contributed by atoms with Gasteiger partial charge in [0.05, 0.1) is 23.1 Å². The predicted octanol–water partition coefficient (Wildman–Crippen LogP) is 1.32. The second-order valence-corrected chi connectivity index (χ2v) is 3.96. The molecule has 0 saturated heterocycles. The van der Waals surface area contributed by atoms with E-state index in [0.29, 0.717) is 6.54 Å². The summed E-state index contributed by atoms with van der Waals surface area (Å²) in [6.07, 6.45) is 0. The van der Waals surface area contributed by atoms with Crippen LogP contribution in [0.3, 0.4) is 0 Å². The highest BCUT2D eigenvalue weighted by molar-refractivity contribution is 5.92. The van der Waals surface area contributed by atoms with E-state index in [2.05, 4.69) is 9.97 Å². The van der Waals surface area contributed by atoms with E-state index in [4.69, 9.17) is 5.11 Å². The van der Waals surface area contributed by atoms with Gasteiger partial charge < -0.3 is 15.0 Å². The molecule has 0 radical (unpaired) electrons. The van der Waals surface area contributed by atoms with Crippen molar-refractivity contribution in [2.45, 2.75) is 6.54 Å². The Kier molecular flexibility index (Phi) is 2.62. The number of fused-ring (bicyclic) bond motifs is 1. The van der Waals surface area contributed by atoms with Crippen LogP contribution in [0.2, 0.25) is 0 Å². The molecule has 0 unspecified atom stereocenters. The lowest BCUT2D eigenvalue weighted by Crippen LogP contribution is -2.11. The highest BCUT2D eigenvalue weighted by Gasteiger charge is 2.07. The molecule has 5 nitrogen and oxygen atoms in total. The number of hydrogen-bond acceptors (Lipinski definition) is 3. The van der Waals surface area contributed by atoms with Gasteiger partial charge in [0.25, 0.3) is 0 Å². The van der Waals surface area contributed by atoms with Crippen LogP contribution in [-0.2, 0) is 6.54 Å². The number of carbonyl (C=O) groups is 1. The Bertz CT molecular complexity index is 531. The van der Waals surface area contributed by atoms with E-state index in [9.17, 15) is 4.79 Å². The molecule has 0 aliphatic heterocycles. The zero-order chi connectivity index (χ0) is 11.7. The van der Waals surface area contributed by atoms with Gasteiger partial charge >= 0.3 is 5.97 Å². The number of aromatic nitrogens is 2. The van der Waals surface area contributed by atoms with E-state index >= 15 is 0 Å². The van der Waals surface area contributed by atoms with Crippen molar-refractivity contribution in [1.29, 1.82) is 0 Å². The molecule has 0 bridgehead atoms. The number of H-pyrrole nitrogens is 1. The Hall–Kier alpha value is -1.88. The third-order valence-electron chi connectivity index (χ3n) is 2.24. The number of carboxylic acid groups (broad SMARTS) is 1. The van der Waals surface area contributed by atoms with Gasteiger partial charge in [-0.05, 0) is 32.3 Å². The van der Waals surface area contributed by atoms with Crippen molar-refractivity contribution in [3.63, 3.8) is 0 Å². The summed E-state index contributed by atoms with van der Waals surface area (Å²) in [5.74, 6) is -0.0896. The molecule has 0 fully saturated rings. The molecule has 1 aromatic heterocycles. The fourth-order valence-electron chi connectivity index (χ4n) is 1.57. The molecule has 2 N–H and O–H groups in total. The minimum Gasteiger partial charge on any atom is -0.478 e. The number of nitrogens with one attached hydrogen (secondary N) is 1. The highest BCUT2D eigenvalue weighted by Crippen LogP contribution is 2.14. The molecule has 0 spiro atoms. The summed E-state index contributed by atoms with van der Waals surface area (Å²) in [6, 6.07) is 4.88. The fourth-order valence-corrected chi connectivity index (χ4v) is 1.57. The van der Waals surface area contributed by atoms with E-state index in [1.807, 2.05) is 19.0 Å². The lowest BCUT2D eigenvalue weighted by molar-refractivity contribution is 0.0697. The highest BCUT2D eigenvalue weighted by atomic mass is 16.4. The first kappa shape index (κ1) is 10.6. The molecule has 2 rings (SSSR count). The average Bonchev–Trinajstić information content (AvgIpc) is 2.56. The maximum atomic E-state index is 10.8. The van der Waals surface area contributed by atoms with Crippen molar-refractivity contribution in [2.75, 3.05) is 14.1 Å². The Balaban J connectivity index is 2.42. The Labute approximate surface area is 92.7 Å². The zero-order valence-corrected chi connectivity index (χ0v) is 9.19. The van der Waals surface area contributed by atoms with Gasteiger partial charge in [-0.2, -0.15) is 0 Å². The molecule has 1 aromatic carbocycles. The Morgan fingerprint density at radius 3 is 2.88 bits per heavy atom.